The van der Waals surface area contributed by atoms with Crippen LogP contribution in [0.4, 0.5) is 16.5 Å². The average molecular weight is 418 g/mol. The van der Waals surface area contributed by atoms with Crippen molar-refractivity contribution in [2.45, 2.75) is 27.7 Å². The quantitative estimate of drug-likeness (QED) is 0.389. The van der Waals surface area contributed by atoms with Gasteiger partial charge in [-0.15, -0.1) is 11.3 Å². The minimum Gasteiger partial charge on any atom is -0.372 e. The fourth-order valence-electron chi connectivity index (χ4n) is 3.45. The molecule has 4 rings (SSSR count). The van der Waals surface area contributed by atoms with E-state index in [0.29, 0.717) is 0 Å². The molecule has 0 saturated carbocycles. The third-order valence-corrected chi connectivity index (χ3v) is 5.99. The van der Waals surface area contributed by atoms with Crippen LogP contribution >= 0.6 is 11.3 Å². The van der Waals surface area contributed by atoms with Gasteiger partial charge in [0, 0.05) is 41.6 Å². The number of aryl methyl sites for hydroxylation is 2. The second-order valence-corrected chi connectivity index (χ2v) is 8.20. The third kappa shape index (κ3) is 4.24. The first-order valence-electron chi connectivity index (χ1n) is 10.3. The first-order valence-corrected chi connectivity index (χ1v) is 11.2. The first kappa shape index (κ1) is 20.2. The normalized spacial score (nSPS) is 10.9. The maximum atomic E-state index is 4.81. The molecule has 5 nitrogen and oxygen atoms in total. The number of benzene rings is 2. The lowest BCUT2D eigenvalue weighted by Crippen LogP contribution is -2.21. The minimum atomic E-state index is 0.900. The predicted molar refractivity (Wildman–Crippen MR) is 127 cm³/mol. The lowest BCUT2D eigenvalue weighted by molar-refractivity contribution is 0.866. The van der Waals surface area contributed by atoms with E-state index in [-0.39, 0.29) is 0 Å². The van der Waals surface area contributed by atoms with Crippen molar-refractivity contribution in [2.75, 3.05) is 23.3 Å². The van der Waals surface area contributed by atoms with Crippen LogP contribution in [0, 0.1) is 13.8 Å². The van der Waals surface area contributed by atoms with E-state index in [2.05, 4.69) is 83.9 Å². The first-order chi connectivity index (χ1) is 14.6. The van der Waals surface area contributed by atoms with Crippen molar-refractivity contribution in [3.05, 3.63) is 71.4 Å². The Morgan fingerprint density at radius 2 is 1.80 bits per heavy atom. The molecule has 0 unspecified atom stereocenters. The Hall–Kier alpha value is -3.12. The van der Waals surface area contributed by atoms with Crippen molar-refractivity contribution in [3.63, 3.8) is 0 Å². The van der Waals surface area contributed by atoms with Gasteiger partial charge in [0.15, 0.2) is 5.13 Å². The van der Waals surface area contributed by atoms with Crippen molar-refractivity contribution in [3.8, 4) is 16.9 Å². The SMILES string of the molecule is CCN(CC)c1ccc(C)c(Nc2nc(-c3ccc(-n4cc(C)cn4)cc3)cs2)c1. The molecule has 0 aliphatic rings. The van der Waals surface area contributed by atoms with Crippen molar-refractivity contribution in [1.82, 2.24) is 14.8 Å². The summed E-state index contributed by atoms with van der Waals surface area (Å²) < 4.78 is 1.89. The lowest BCUT2D eigenvalue weighted by atomic mass is 10.1. The average Bonchev–Trinajstić information content (AvgIpc) is 3.40. The van der Waals surface area contributed by atoms with E-state index < -0.39 is 0 Å². The highest BCUT2D eigenvalue weighted by Gasteiger charge is 2.09. The molecule has 0 aliphatic carbocycles. The number of thiazole rings is 1. The monoisotopic (exact) mass is 417 g/mol. The van der Waals surface area contributed by atoms with E-state index >= 15 is 0 Å². The number of rotatable bonds is 7. The van der Waals surface area contributed by atoms with Gasteiger partial charge in [-0.2, -0.15) is 5.10 Å². The van der Waals surface area contributed by atoms with Crippen LogP contribution in [0.1, 0.15) is 25.0 Å². The summed E-state index contributed by atoms with van der Waals surface area (Å²) in [6.45, 7) is 10.5. The van der Waals surface area contributed by atoms with Gasteiger partial charge >= 0.3 is 0 Å². The molecule has 30 heavy (non-hydrogen) atoms. The van der Waals surface area contributed by atoms with E-state index in [1.54, 1.807) is 11.3 Å². The van der Waals surface area contributed by atoms with Crippen LogP contribution in [0.3, 0.4) is 0 Å². The molecule has 0 atom stereocenters. The van der Waals surface area contributed by atoms with Crippen LogP contribution in [0.25, 0.3) is 16.9 Å². The molecule has 2 heterocycles. The molecule has 0 saturated heterocycles. The number of hydrogen-bond donors (Lipinski definition) is 1. The smallest absolute Gasteiger partial charge is 0.187 e. The molecule has 154 valence electrons. The van der Waals surface area contributed by atoms with Gasteiger partial charge in [0.2, 0.25) is 0 Å². The van der Waals surface area contributed by atoms with Gasteiger partial charge < -0.3 is 10.2 Å². The zero-order valence-corrected chi connectivity index (χ0v) is 18.7. The fourth-order valence-corrected chi connectivity index (χ4v) is 4.18. The molecule has 0 aliphatic heterocycles. The Morgan fingerprint density at radius 3 is 2.47 bits per heavy atom. The van der Waals surface area contributed by atoms with Crippen molar-refractivity contribution >= 4 is 27.8 Å². The number of aromatic nitrogens is 3. The van der Waals surface area contributed by atoms with Crippen LogP contribution < -0.4 is 10.2 Å². The predicted octanol–water partition coefficient (Wildman–Crippen LogP) is 6.20. The minimum absolute atomic E-state index is 0.900. The Bertz CT molecular complexity index is 1120. The van der Waals surface area contributed by atoms with E-state index in [1.165, 1.54) is 11.3 Å². The van der Waals surface area contributed by atoms with E-state index in [1.807, 2.05) is 24.0 Å². The van der Waals surface area contributed by atoms with Crippen molar-refractivity contribution < 1.29 is 0 Å². The molecule has 0 amide bonds. The molecule has 0 bridgehead atoms. The summed E-state index contributed by atoms with van der Waals surface area (Å²) in [5.74, 6) is 0. The van der Waals surface area contributed by atoms with Crippen molar-refractivity contribution in [2.24, 2.45) is 0 Å². The second kappa shape index (κ2) is 8.71. The maximum Gasteiger partial charge on any atom is 0.187 e. The van der Waals surface area contributed by atoms with Crippen LogP contribution in [-0.2, 0) is 0 Å². The number of anilines is 3. The van der Waals surface area contributed by atoms with E-state index in [0.717, 1.165) is 46.4 Å². The Morgan fingerprint density at radius 1 is 1.03 bits per heavy atom. The van der Waals surface area contributed by atoms with Gasteiger partial charge in [-0.05, 0) is 63.1 Å². The van der Waals surface area contributed by atoms with Crippen molar-refractivity contribution in [1.29, 1.82) is 0 Å². The summed E-state index contributed by atoms with van der Waals surface area (Å²) in [6.07, 6.45) is 3.89. The molecular formula is C24H27N5S. The van der Waals surface area contributed by atoms with Gasteiger partial charge in [-0.3, -0.25) is 0 Å². The zero-order chi connectivity index (χ0) is 21.1. The molecule has 0 fully saturated rings. The molecule has 6 heteroatoms. The molecule has 1 N–H and O–H groups in total. The third-order valence-electron chi connectivity index (χ3n) is 5.23. The lowest BCUT2D eigenvalue weighted by Gasteiger charge is -2.22. The molecule has 0 radical (unpaired) electrons. The molecule has 0 spiro atoms. The molecule has 4 aromatic rings. The Labute approximate surface area is 182 Å². The Balaban J connectivity index is 1.53. The summed E-state index contributed by atoms with van der Waals surface area (Å²) in [6, 6.07) is 14.9. The van der Waals surface area contributed by atoms with E-state index in [9.17, 15) is 0 Å². The van der Waals surface area contributed by atoms with E-state index in [4.69, 9.17) is 4.98 Å². The standard InChI is InChI=1S/C24H27N5S/c1-5-28(6-2)21-10-7-18(4)22(13-21)26-24-27-23(16-30-24)19-8-11-20(12-9-19)29-15-17(3)14-25-29/h7-16H,5-6H2,1-4H3,(H,26,27). The Kier molecular flexibility index (Phi) is 5.86. The highest BCUT2D eigenvalue weighted by molar-refractivity contribution is 7.14. The summed E-state index contributed by atoms with van der Waals surface area (Å²) in [5, 5.41) is 10.9. The largest absolute Gasteiger partial charge is 0.372 e. The van der Waals surface area contributed by atoms with Gasteiger partial charge in [-0.1, -0.05) is 18.2 Å². The highest BCUT2D eigenvalue weighted by atomic mass is 32.1. The fraction of sp³-hybridized carbons (Fsp3) is 0.250. The number of hydrogen-bond acceptors (Lipinski definition) is 5. The maximum absolute atomic E-state index is 4.81. The zero-order valence-electron chi connectivity index (χ0n) is 17.9. The van der Waals surface area contributed by atoms with Crippen LogP contribution in [0.15, 0.2) is 60.2 Å². The molecule has 2 aromatic heterocycles. The summed E-state index contributed by atoms with van der Waals surface area (Å²) in [5.41, 5.74) is 7.81. The van der Waals surface area contributed by atoms with Crippen LogP contribution in [0.5, 0.6) is 0 Å². The summed E-state index contributed by atoms with van der Waals surface area (Å²) in [7, 11) is 0. The molecule has 2 aromatic carbocycles. The number of nitrogens with zero attached hydrogens (tertiary/aromatic N) is 4. The second-order valence-electron chi connectivity index (χ2n) is 7.34. The van der Waals surface area contributed by atoms with Gasteiger partial charge in [0.1, 0.15) is 0 Å². The summed E-state index contributed by atoms with van der Waals surface area (Å²) >= 11 is 1.62. The van der Waals surface area contributed by atoms with Crippen LogP contribution in [0.2, 0.25) is 0 Å². The molecular weight excluding hydrogens is 390 g/mol. The van der Waals surface area contributed by atoms with Gasteiger partial charge in [-0.25, -0.2) is 9.67 Å². The summed E-state index contributed by atoms with van der Waals surface area (Å²) in [4.78, 5) is 7.16. The van der Waals surface area contributed by atoms with Gasteiger partial charge in [0.25, 0.3) is 0 Å². The number of nitrogens with one attached hydrogen (secondary N) is 1. The van der Waals surface area contributed by atoms with Gasteiger partial charge in [0.05, 0.1) is 17.6 Å². The topological polar surface area (TPSA) is 46.0 Å². The highest BCUT2D eigenvalue weighted by Crippen LogP contribution is 2.30. The van der Waals surface area contributed by atoms with Crippen LogP contribution in [-0.4, -0.2) is 27.9 Å².